The maximum absolute atomic E-state index is 11.8. The fourth-order valence-corrected chi connectivity index (χ4v) is 1.86. The molecule has 3 nitrogen and oxygen atoms in total. The standard InChI is InChI=1S/C12H24N2O/c1-10-6-8-14(9-10)11(15)5-7-13-12(2,3)4/h10,13H,5-9H2,1-4H3. The van der Waals surface area contributed by atoms with Gasteiger partial charge in [0.15, 0.2) is 0 Å². The van der Waals surface area contributed by atoms with E-state index in [1.54, 1.807) is 0 Å². The molecule has 0 saturated carbocycles. The van der Waals surface area contributed by atoms with Crippen molar-refractivity contribution in [1.82, 2.24) is 10.2 Å². The van der Waals surface area contributed by atoms with Gasteiger partial charge in [0.1, 0.15) is 0 Å². The molecule has 0 aromatic rings. The molecule has 1 N–H and O–H groups in total. The highest BCUT2D eigenvalue weighted by Crippen LogP contribution is 2.15. The lowest BCUT2D eigenvalue weighted by Gasteiger charge is -2.21. The monoisotopic (exact) mass is 212 g/mol. The first-order chi connectivity index (χ1) is 6.88. The lowest BCUT2D eigenvalue weighted by molar-refractivity contribution is -0.130. The molecule has 1 unspecified atom stereocenters. The number of nitrogens with one attached hydrogen (secondary N) is 1. The molecule has 3 heteroatoms. The summed E-state index contributed by atoms with van der Waals surface area (Å²) < 4.78 is 0. The summed E-state index contributed by atoms with van der Waals surface area (Å²) in [6.07, 6.45) is 1.79. The Balaban J connectivity index is 2.19. The number of likely N-dealkylation sites (tertiary alicyclic amines) is 1. The summed E-state index contributed by atoms with van der Waals surface area (Å²) in [7, 11) is 0. The zero-order valence-electron chi connectivity index (χ0n) is 10.5. The minimum Gasteiger partial charge on any atom is -0.342 e. The predicted molar refractivity (Wildman–Crippen MR) is 62.7 cm³/mol. The Bertz CT molecular complexity index is 220. The number of hydrogen-bond donors (Lipinski definition) is 1. The van der Waals surface area contributed by atoms with Crippen LogP contribution in [0.25, 0.3) is 0 Å². The van der Waals surface area contributed by atoms with Gasteiger partial charge in [-0.15, -0.1) is 0 Å². The van der Waals surface area contributed by atoms with Gasteiger partial charge in [-0.2, -0.15) is 0 Å². The Hall–Kier alpha value is -0.570. The molecule has 15 heavy (non-hydrogen) atoms. The van der Waals surface area contributed by atoms with Crippen molar-refractivity contribution in [2.75, 3.05) is 19.6 Å². The summed E-state index contributed by atoms with van der Waals surface area (Å²) >= 11 is 0. The molecule has 0 spiro atoms. The summed E-state index contributed by atoms with van der Waals surface area (Å²) in [6, 6.07) is 0. The van der Waals surface area contributed by atoms with Crippen LogP contribution < -0.4 is 5.32 Å². The van der Waals surface area contributed by atoms with Crippen LogP contribution >= 0.6 is 0 Å². The molecule has 1 aliphatic heterocycles. The van der Waals surface area contributed by atoms with Crippen LogP contribution in [0.2, 0.25) is 0 Å². The van der Waals surface area contributed by atoms with Gasteiger partial charge < -0.3 is 10.2 Å². The highest BCUT2D eigenvalue weighted by atomic mass is 16.2. The van der Waals surface area contributed by atoms with Gasteiger partial charge in [0.25, 0.3) is 0 Å². The molecule has 88 valence electrons. The Morgan fingerprint density at radius 2 is 2.13 bits per heavy atom. The van der Waals surface area contributed by atoms with Crippen LogP contribution in [0.5, 0.6) is 0 Å². The third-order valence-electron chi connectivity index (χ3n) is 2.77. The largest absolute Gasteiger partial charge is 0.342 e. The van der Waals surface area contributed by atoms with Crippen molar-refractivity contribution in [2.24, 2.45) is 5.92 Å². The molecule has 0 aromatic carbocycles. The lowest BCUT2D eigenvalue weighted by atomic mass is 10.1. The van der Waals surface area contributed by atoms with Gasteiger partial charge in [0.05, 0.1) is 0 Å². The van der Waals surface area contributed by atoms with Crippen LogP contribution in [-0.4, -0.2) is 36.0 Å². The molecule has 1 saturated heterocycles. The van der Waals surface area contributed by atoms with Gasteiger partial charge in [-0.1, -0.05) is 6.92 Å². The zero-order valence-corrected chi connectivity index (χ0v) is 10.5. The molecule has 0 aliphatic carbocycles. The quantitative estimate of drug-likeness (QED) is 0.771. The molecule has 1 fully saturated rings. The van der Waals surface area contributed by atoms with Gasteiger partial charge in [-0.05, 0) is 33.1 Å². The van der Waals surface area contributed by atoms with Crippen LogP contribution in [0.15, 0.2) is 0 Å². The van der Waals surface area contributed by atoms with Crippen LogP contribution in [0.4, 0.5) is 0 Å². The normalized spacial score (nSPS) is 22.1. The maximum atomic E-state index is 11.8. The Kier molecular flexibility index (Phi) is 4.14. The second-order valence-corrected chi connectivity index (χ2v) is 5.66. The molecule has 1 rings (SSSR count). The second-order valence-electron chi connectivity index (χ2n) is 5.66. The van der Waals surface area contributed by atoms with Gasteiger partial charge in [-0.25, -0.2) is 0 Å². The van der Waals surface area contributed by atoms with E-state index in [9.17, 15) is 4.79 Å². The number of carbonyl (C=O) groups excluding carboxylic acids is 1. The van der Waals surface area contributed by atoms with E-state index in [-0.39, 0.29) is 5.54 Å². The average Bonchev–Trinajstić information content (AvgIpc) is 2.49. The van der Waals surface area contributed by atoms with Crippen molar-refractivity contribution in [1.29, 1.82) is 0 Å². The number of amides is 1. The summed E-state index contributed by atoms with van der Waals surface area (Å²) in [4.78, 5) is 13.8. The van der Waals surface area contributed by atoms with Crippen molar-refractivity contribution in [3.63, 3.8) is 0 Å². The molecule has 1 aliphatic rings. The smallest absolute Gasteiger partial charge is 0.223 e. The van der Waals surface area contributed by atoms with Crippen LogP contribution in [-0.2, 0) is 4.79 Å². The highest BCUT2D eigenvalue weighted by molar-refractivity contribution is 5.76. The third-order valence-corrected chi connectivity index (χ3v) is 2.77. The van der Waals surface area contributed by atoms with E-state index in [1.807, 2.05) is 4.90 Å². The Morgan fingerprint density at radius 3 is 2.60 bits per heavy atom. The van der Waals surface area contributed by atoms with E-state index in [4.69, 9.17) is 0 Å². The van der Waals surface area contributed by atoms with Crippen LogP contribution in [0.3, 0.4) is 0 Å². The fraction of sp³-hybridized carbons (Fsp3) is 0.917. The van der Waals surface area contributed by atoms with E-state index < -0.39 is 0 Å². The summed E-state index contributed by atoms with van der Waals surface area (Å²) in [5.41, 5.74) is 0.110. The summed E-state index contributed by atoms with van der Waals surface area (Å²) in [5.74, 6) is 0.987. The first kappa shape index (κ1) is 12.5. The van der Waals surface area contributed by atoms with Gasteiger partial charge >= 0.3 is 0 Å². The third kappa shape index (κ3) is 4.65. The Labute approximate surface area is 93.2 Å². The molecule has 0 radical (unpaired) electrons. The lowest BCUT2D eigenvalue weighted by Crippen LogP contribution is -2.39. The van der Waals surface area contributed by atoms with Gasteiger partial charge in [-0.3, -0.25) is 4.79 Å². The number of carbonyl (C=O) groups is 1. The molecule has 0 aromatic heterocycles. The van der Waals surface area contributed by atoms with Gasteiger partial charge in [0, 0.05) is 31.6 Å². The van der Waals surface area contributed by atoms with Gasteiger partial charge in [0.2, 0.25) is 5.91 Å². The number of hydrogen-bond acceptors (Lipinski definition) is 2. The van der Waals surface area contributed by atoms with E-state index >= 15 is 0 Å². The molecule has 1 atom stereocenters. The highest BCUT2D eigenvalue weighted by Gasteiger charge is 2.22. The predicted octanol–water partition coefficient (Wildman–Crippen LogP) is 1.63. The average molecular weight is 212 g/mol. The summed E-state index contributed by atoms with van der Waals surface area (Å²) in [6.45, 7) is 11.3. The number of nitrogens with zero attached hydrogens (tertiary/aromatic N) is 1. The van der Waals surface area contributed by atoms with E-state index in [1.165, 1.54) is 6.42 Å². The number of rotatable bonds is 3. The second kappa shape index (κ2) is 4.97. The first-order valence-electron chi connectivity index (χ1n) is 5.91. The van der Waals surface area contributed by atoms with Crippen molar-refractivity contribution < 1.29 is 4.79 Å². The zero-order chi connectivity index (χ0) is 11.5. The van der Waals surface area contributed by atoms with Crippen molar-refractivity contribution in [3.8, 4) is 0 Å². The maximum Gasteiger partial charge on any atom is 0.223 e. The molecule has 1 heterocycles. The Morgan fingerprint density at radius 1 is 1.47 bits per heavy atom. The summed E-state index contributed by atoms with van der Waals surface area (Å²) in [5, 5.41) is 3.34. The van der Waals surface area contributed by atoms with Crippen LogP contribution in [0, 0.1) is 5.92 Å². The van der Waals surface area contributed by atoms with Crippen LogP contribution in [0.1, 0.15) is 40.5 Å². The minimum atomic E-state index is 0.110. The van der Waals surface area contributed by atoms with E-state index in [0.29, 0.717) is 18.2 Å². The fourth-order valence-electron chi connectivity index (χ4n) is 1.86. The van der Waals surface area contributed by atoms with Crippen molar-refractivity contribution in [3.05, 3.63) is 0 Å². The first-order valence-corrected chi connectivity index (χ1v) is 5.91. The molecular weight excluding hydrogens is 188 g/mol. The molecular formula is C12H24N2O. The molecule has 0 bridgehead atoms. The van der Waals surface area contributed by atoms with Crippen molar-refractivity contribution >= 4 is 5.91 Å². The van der Waals surface area contributed by atoms with Crippen molar-refractivity contribution in [2.45, 2.75) is 46.1 Å². The minimum absolute atomic E-state index is 0.110. The van der Waals surface area contributed by atoms with E-state index in [0.717, 1.165) is 19.6 Å². The van der Waals surface area contributed by atoms with E-state index in [2.05, 4.69) is 33.0 Å². The SMILES string of the molecule is CC1CCN(C(=O)CCNC(C)(C)C)C1. The molecule has 1 amide bonds. The topological polar surface area (TPSA) is 32.3 Å².